The first-order chi connectivity index (χ1) is 8.96. The molecule has 0 aliphatic heterocycles. The van der Waals surface area contributed by atoms with Gasteiger partial charge in [0.2, 0.25) is 5.82 Å². The Morgan fingerprint density at radius 1 is 1.47 bits per heavy atom. The average Bonchev–Trinajstić information content (AvgIpc) is 3.12. The lowest BCUT2D eigenvalue weighted by atomic mass is 9.92. The molecule has 1 fully saturated rings. The Labute approximate surface area is 112 Å². The molecule has 0 heterocycles. The summed E-state index contributed by atoms with van der Waals surface area (Å²) >= 11 is 0. The molecule has 1 aromatic carbocycles. The lowest BCUT2D eigenvalue weighted by molar-refractivity contribution is -0.387. The van der Waals surface area contributed by atoms with Crippen LogP contribution in [0.15, 0.2) is 18.2 Å². The molecule has 0 aromatic heterocycles. The highest BCUT2D eigenvalue weighted by Gasteiger charge is 2.44. The summed E-state index contributed by atoms with van der Waals surface area (Å²) in [6, 6.07) is 4.30. The Bertz CT molecular complexity index is 484. The monoisotopic (exact) mass is 266 g/mol. The maximum Gasteiger partial charge on any atom is 0.305 e. The van der Waals surface area contributed by atoms with Crippen molar-refractivity contribution in [3.8, 4) is 0 Å². The fraction of sp³-hybridized carbons (Fsp3) is 0.571. The van der Waals surface area contributed by atoms with Crippen molar-refractivity contribution < 1.29 is 9.31 Å². The van der Waals surface area contributed by atoms with Crippen molar-refractivity contribution in [3.05, 3.63) is 39.7 Å². The molecule has 4 nitrogen and oxygen atoms in total. The summed E-state index contributed by atoms with van der Waals surface area (Å²) in [5.74, 6) is -0.121. The second-order valence-electron chi connectivity index (χ2n) is 5.63. The zero-order valence-corrected chi connectivity index (χ0v) is 11.3. The number of rotatable bonds is 6. The van der Waals surface area contributed by atoms with Crippen LogP contribution in [0.1, 0.15) is 32.3 Å². The molecular weight excluding hydrogens is 247 g/mol. The van der Waals surface area contributed by atoms with Crippen molar-refractivity contribution in [1.29, 1.82) is 0 Å². The fourth-order valence-electron chi connectivity index (χ4n) is 2.41. The first kappa shape index (κ1) is 13.9. The fourth-order valence-corrected chi connectivity index (χ4v) is 2.41. The highest BCUT2D eigenvalue weighted by Crippen LogP contribution is 2.51. The molecule has 0 radical (unpaired) electrons. The summed E-state index contributed by atoms with van der Waals surface area (Å²) in [6.07, 6.45) is 2.41. The minimum atomic E-state index is -0.727. The van der Waals surface area contributed by atoms with E-state index in [0.717, 1.165) is 6.54 Å². The van der Waals surface area contributed by atoms with Crippen LogP contribution in [0.3, 0.4) is 0 Å². The normalized spacial score (nSPS) is 16.6. The highest BCUT2D eigenvalue weighted by molar-refractivity contribution is 5.36. The van der Waals surface area contributed by atoms with Gasteiger partial charge in [0.25, 0.3) is 0 Å². The van der Waals surface area contributed by atoms with Crippen molar-refractivity contribution in [2.45, 2.75) is 33.2 Å². The quantitative estimate of drug-likeness (QED) is 0.635. The molecule has 1 N–H and O–H groups in total. The molecule has 0 unspecified atom stereocenters. The Hall–Kier alpha value is -1.49. The second-order valence-corrected chi connectivity index (χ2v) is 5.63. The molecule has 5 heteroatoms. The van der Waals surface area contributed by atoms with Gasteiger partial charge in [-0.2, -0.15) is 4.39 Å². The number of nitro benzene ring substituents is 1. The van der Waals surface area contributed by atoms with Crippen molar-refractivity contribution in [2.24, 2.45) is 11.3 Å². The van der Waals surface area contributed by atoms with Gasteiger partial charge in [0, 0.05) is 24.7 Å². The van der Waals surface area contributed by atoms with Crippen LogP contribution in [0.2, 0.25) is 0 Å². The van der Waals surface area contributed by atoms with Gasteiger partial charge in [0.15, 0.2) is 0 Å². The number of hydrogen-bond acceptors (Lipinski definition) is 3. The molecule has 0 bridgehead atoms. The van der Waals surface area contributed by atoms with Gasteiger partial charge < -0.3 is 5.32 Å². The van der Waals surface area contributed by atoms with Crippen molar-refractivity contribution >= 4 is 5.69 Å². The Morgan fingerprint density at radius 3 is 2.68 bits per heavy atom. The Morgan fingerprint density at radius 2 is 2.16 bits per heavy atom. The van der Waals surface area contributed by atoms with Crippen LogP contribution < -0.4 is 5.32 Å². The van der Waals surface area contributed by atoms with E-state index < -0.39 is 16.4 Å². The maximum atomic E-state index is 13.8. The van der Waals surface area contributed by atoms with Crippen molar-refractivity contribution in [1.82, 2.24) is 5.32 Å². The first-order valence-corrected chi connectivity index (χ1v) is 6.59. The van der Waals surface area contributed by atoms with Crippen molar-refractivity contribution in [3.63, 3.8) is 0 Å². The van der Waals surface area contributed by atoms with E-state index in [0.29, 0.717) is 23.4 Å². The third-order valence-corrected chi connectivity index (χ3v) is 4.16. The van der Waals surface area contributed by atoms with E-state index in [-0.39, 0.29) is 0 Å². The number of hydrogen-bond donors (Lipinski definition) is 1. The van der Waals surface area contributed by atoms with Gasteiger partial charge in [-0.1, -0.05) is 26.0 Å². The molecule has 0 saturated heterocycles. The summed E-state index contributed by atoms with van der Waals surface area (Å²) in [5.41, 5.74) is 0.245. The third kappa shape index (κ3) is 2.92. The van der Waals surface area contributed by atoms with Crippen LogP contribution in [0.5, 0.6) is 0 Å². The zero-order chi connectivity index (χ0) is 14.0. The van der Waals surface area contributed by atoms with Gasteiger partial charge in [0.1, 0.15) is 0 Å². The predicted molar refractivity (Wildman–Crippen MR) is 71.3 cm³/mol. The summed E-state index contributed by atoms with van der Waals surface area (Å²) in [4.78, 5) is 9.97. The third-order valence-electron chi connectivity index (χ3n) is 4.16. The topological polar surface area (TPSA) is 55.2 Å². The number of halogens is 1. The lowest BCUT2D eigenvalue weighted by Gasteiger charge is -2.20. The number of nitrogens with zero attached hydrogens (tertiary/aromatic N) is 1. The van der Waals surface area contributed by atoms with E-state index in [1.165, 1.54) is 25.0 Å². The van der Waals surface area contributed by atoms with Crippen molar-refractivity contribution in [2.75, 3.05) is 6.54 Å². The average molecular weight is 266 g/mol. The zero-order valence-electron chi connectivity index (χ0n) is 11.3. The van der Waals surface area contributed by atoms with E-state index in [4.69, 9.17) is 0 Å². The van der Waals surface area contributed by atoms with E-state index in [1.54, 1.807) is 6.07 Å². The van der Waals surface area contributed by atoms with Crippen LogP contribution in [0, 0.1) is 27.3 Å². The molecule has 19 heavy (non-hydrogen) atoms. The minimum Gasteiger partial charge on any atom is -0.312 e. The smallest absolute Gasteiger partial charge is 0.305 e. The Kier molecular flexibility index (Phi) is 3.85. The van der Waals surface area contributed by atoms with Gasteiger partial charge in [-0.3, -0.25) is 10.1 Å². The van der Waals surface area contributed by atoms with E-state index in [1.807, 2.05) is 0 Å². The molecule has 1 aliphatic carbocycles. The van der Waals surface area contributed by atoms with Gasteiger partial charge in [0.05, 0.1) is 4.92 Å². The molecule has 104 valence electrons. The van der Waals surface area contributed by atoms with Gasteiger partial charge in [-0.05, 0) is 24.2 Å². The molecule has 1 saturated carbocycles. The summed E-state index contributed by atoms with van der Waals surface area (Å²) in [7, 11) is 0. The number of nitro groups is 1. The van der Waals surface area contributed by atoms with Crippen LogP contribution in [0.25, 0.3) is 0 Å². The van der Waals surface area contributed by atoms with E-state index in [9.17, 15) is 14.5 Å². The SMILES string of the molecule is CC(C)C1(CNCc2cccc([N+](=O)[O-])c2F)CC1. The summed E-state index contributed by atoms with van der Waals surface area (Å²) in [5, 5.41) is 13.9. The minimum absolute atomic E-state index is 0.335. The van der Waals surface area contributed by atoms with Crippen LogP contribution in [-0.2, 0) is 6.54 Å². The highest BCUT2D eigenvalue weighted by atomic mass is 19.1. The first-order valence-electron chi connectivity index (χ1n) is 6.59. The standard InChI is InChI=1S/C14H19FN2O2/c1-10(2)14(6-7-14)9-16-8-11-4-3-5-12(13(11)15)17(18)19/h3-5,10,16H,6-9H2,1-2H3. The number of nitrogens with one attached hydrogen (secondary N) is 1. The van der Waals surface area contributed by atoms with Gasteiger partial charge in [-0.15, -0.1) is 0 Å². The molecule has 0 amide bonds. The Balaban J connectivity index is 1.97. The summed E-state index contributed by atoms with van der Waals surface area (Å²) in [6.45, 7) is 5.57. The van der Waals surface area contributed by atoms with Crippen LogP contribution in [0.4, 0.5) is 10.1 Å². The van der Waals surface area contributed by atoms with E-state index >= 15 is 0 Å². The molecule has 1 aliphatic rings. The lowest BCUT2D eigenvalue weighted by Crippen LogP contribution is -2.27. The molecule has 2 rings (SSSR count). The van der Waals surface area contributed by atoms with Crippen LogP contribution >= 0.6 is 0 Å². The molecular formula is C14H19FN2O2. The second kappa shape index (κ2) is 5.25. The van der Waals surface area contributed by atoms with Crippen LogP contribution in [-0.4, -0.2) is 11.5 Å². The molecule has 0 atom stereocenters. The van der Waals surface area contributed by atoms with E-state index in [2.05, 4.69) is 19.2 Å². The molecule has 0 spiro atoms. The molecule has 1 aromatic rings. The number of benzene rings is 1. The van der Waals surface area contributed by atoms with Gasteiger partial charge >= 0.3 is 5.69 Å². The predicted octanol–water partition coefficient (Wildman–Crippen LogP) is 3.26. The summed E-state index contributed by atoms with van der Waals surface area (Å²) < 4.78 is 13.8. The largest absolute Gasteiger partial charge is 0.312 e. The van der Waals surface area contributed by atoms with Gasteiger partial charge in [-0.25, -0.2) is 0 Å². The maximum absolute atomic E-state index is 13.8.